The molecule has 0 radical (unpaired) electrons. The van der Waals surface area contributed by atoms with Crippen LogP contribution in [0.15, 0.2) is 36.5 Å². The number of nitrogens with one attached hydrogen (secondary N) is 2. The maximum absolute atomic E-state index is 13.8. The Balaban J connectivity index is 1.51. The average molecular weight is 615 g/mol. The van der Waals surface area contributed by atoms with Crippen molar-refractivity contribution in [2.45, 2.75) is 103 Å². The number of ether oxygens (including phenoxy) is 1. The highest BCUT2D eigenvalue weighted by Crippen LogP contribution is 2.44. The zero-order chi connectivity index (χ0) is 31.6. The molecule has 1 aromatic heterocycles. The number of rotatable bonds is 11. The minimum absolute atomic E-state index is 0.121. The van der Waals surface area contributed by atoms with Gasteiger partial charge < -0.3 is 19.5 Å². The van der Waals surface area contributed by atoms with Crippen LogP contribution >= 0.6 is 0 Å². The van der Waals surface area contributed by atoms with Crippen molar-refractivity contribution in [2.24, 2.45) is 0 Å². The largest absolute Gasteiger partial charge is 0.444 e. The highest BCUT2D eigenvalue weighted by Gasteiger charge is 2.53. The summed E-state index contributed by atoms with van der Waals surface area (Å²) in [6.45, 7) is 17.3. The van der Waals surface area contributed by atoms with Gasteiger partial charge in [0, 0.05) is 18.7 Å². The molecule has 4 rings (SSSR count). The van der Waals surface area contributed by atoms with Crippen LogP contribution in [0.4, 0.5) is 9.59 Å². The second kappa shape index (κ2) is 12.7. The molecule has 43 heavy (non-hydrogen) atoms. The average Bonchev–Trinajstić information content (AvgIpc) is 3.45. The van der Waals surface area contributed by atoms with Gasteiger partial charge >= 0.3 is 12.1 Å². The van der Waals surface area contributed by atoms with Gasteiger partial charge in [-0.25, -0.2) is 15.1 Å². The van der Waals surface area contributed by atoms with Crippen molar-refractivity contribution in [3.05, 3.63) is 53.3 Å². The van der Waals surface area contributed by atoms with Gasteiger partial charge in [0.1, 0.15) is 18.2 Å². The molecule has 0 spiro atoms. The summed E-state index contributed by atoms with van der Waals surface area (Å²) >= 11 is 0. The zero-order valence-corrected chi connectivity index (χ0v) is 27.6. The molecule has 4 amide bonds. The molecule has 2 aliphatic rings. The first kappa shape index (κ1) is 32.5. The summed E-state index contributed by atoms with van der Waals surface area (Å²) in [5, 5.41) is 8.64. The molecule has 2 atom stereocenters. The number of fused-ring (bicyclic) bond motifs is 4. The molecule has 1 saturated heterocycles. The van der Waals surface area contributed by atoms with E-state index >= 15 is 0 Å². The number of carbonyl (C=O) groups excluding carboxylic acids is 3. The predicted molar refractivity (Wildman–Crippen MR) is 163 cm³/mol. The Morgan fingerprint density at radius 3 is 2.42 bits per heavy atom. The minimum Gasteiger partial charge on any atom is -0.444 e. The van der Waals surface area contributed by atoms with Crippen LogP contribution in [0.1, 0.15) is 83.3 Å². The summed E-state index contributed by atoms with van der Waals surface area (Å²) < 4.78 is 13.1. The van der Waals surface area contributed by atoms with Crippen LogP contribution in [0.3, 0.4) is 0 Å². The second-order valence-corrected chi connectivity index (χ2v) is 18.3. The first-order valence-electron chi connectivity index (χ1n) is 14.9. The molecule has 2 aliphatic heterocycles. The Morgan fingerprint density at radius 1 is 1.07 bits per heavy atom. The van der Waals surface area contributed by atoms with Crippen molar-refractivity contribution in [2.75, 3.05) is 13.1 Å². The van der Waals surface area contributed by atoms with Gasteiger partial charge in [-0.3, -0.25) is 14.3 Å². The predicted octanol–water partition coefficient (Wildman–Crippen LogP) is 5.21. The summed E-state index contributed by atoms with van der Waals surface area (Å²) in [5.41, 5.74) is 4.49. The van der Waals surface area contributed by atoms with Crippen LogP contribution in [0.2, 0.25) is 18.1 Å². The number of hydrogen-bond acceptors (Lipinski definition) is 7. The molecule has 2 N–H and O–H groups in total. The number of amides is 4. The molecule has 236 valence electrons. The maximum Gasteiger partial charge on any atom is 0.407 e. The Hall–Kier alpha value is -3.42. The Bertz CT molecular complexity index is 1300. The normalized spacial score (nSPS) is 18.5. The van der Waals surface area contributed by atoms with Crippen molar-refractivity contribution in [3.63, 3.8) is 0 Å². The smallest absolute Gasteiger partial charge is 0.407 e. The van der Waals surface area contributed by atoms with Crippen molar-refractivity contribution in [3.8, 4) is 0 Å². The number of carbonyl (C=O) groups is 3. The van der Waals surface area contributed by atoms with E-state index in [1.54, 1.807) is 10.9 Å². The summed E-state index contributed by atoms with van der Waals surface area (Å²) in [5.74, 6) is -0.420. The van der Waals surface area contributed by atoms with E-state index in [2.05, 4.69) is 36.7 Å². The van der Waals surface area contributed by atoms with Gasteiger partial charge in [0.05, 0.1) is 18.4 Å². The molecule has 0 aliphatic carbocycles. The molecule has 0 unspecified atom stereocenters. The van der Waals surface area contributed by atoms with Crippen LogP contribution < -0.4 is 10.8 Å². The van der Waals surface area contributed by atoms with Crippen LogP contribution in [-0.2, 0) is 32.0 Å². The molecule has 1 aromatic carbocycles. The quantitative estimate of drug-likeness (QED) is 0.202. The standard InChI is InChI=1S/C30H46N6O6Si/c1-29(2,3)41-27(38)31-16-12-13-17-35-24-22(18-32-35)23-19-34(25(24)26(37)33-42-43(7,8)30(4,5)6)28(39)36(23)40-20-21-14-10-9-11-15-21/h9-11,14-15,18,23,25H,12-13,16-17,19-20H2,1-8H3,(H,31,38)(H,33,37)/t23-,25+/m1/s1. The second-order valence-electron chi connectivity index (χ2n) is 13.6. The summed E-state index contributed by atoms with van der Waals surface area (Å²) in [7, 11) is -2.32. The lowest BCUT2D eigenvalue weighted by atomic mass is 9.97. The Labute approximate surface area is 255 Å². The van der Waals surface area contributed by atoms with E-state index in [4.69, 9.17) is 14.1 Å². The molecule has 13 heteroatoms. The number of alkyl carbamates (subject to hydrolysis) is 1. The Kier molecular flexibility index (Phi) is 9.57. The van der Waals surface area contributed by atoms with Gasteiger partial charge in [0.25, 0.3) is 5.91 Å². The van der Waals surface area contributed by atoms with E-state index in [1.165, 1.54) is 9.96 Å². The SMILES string of the molecule is CC(C)(C)OC(=O)NCCCCn1ncc2c1[C@@H](C(=O)NO[Si](C)(C)C(C)(C)C)N1C[C@H]2N(OCc2ccccc2)C1=O. The third-order valence-corrected chi connectivity index (χ3v) is 12.3. The van der Waals surface area contributed by atoms with Gasteiger partial charge in [-0.15, -0.1) is 0 Å². The fraction of sp³-hybridized carbons (Fsp3) is 0.600. The highest BCUT2D eigenvalue weighted by molar-refractivity contribution is 6.74. The lowest BCUT2D eigenvalue weighted by molar-refractivity contribution is -0.141. The third-order valence-electron chi connectivity index (χ3n) is 8.07. The number of aromatic nitrogens is 2. The summed E-state index contributed by atoms with van der Waals surface area (Å²) in [4.78, 5) is 47.0. The van der Waals surface area contributed by atoms with Crippen LogP contribution in [0, 0.1) is 0 Å². The monoisotopic (exact) mass is 614 g/mol. The summed E-state index contributed by atoms with van der Waals surface area (Å²) in [6, 6.07) is 7.91. The van der Waals surface area contributed by atoms with Crippen molar-refractivity contribution < 1.29 is 28.5 Å². The van der Waals surface area contributed by atoms with Crippen molar-refractivity contribution in [1.82, 2.24) is 30.5 Å². The third kappa shape index (κ3) is 7.57. The van der Waals surface area contributed by atoms with Crippen LogP contribution in [0.5, 0.6) is 0 Å². The van der Waals surface area contributed by atoms with Gasteiger partial charge in [-0.05, 0) is 57.3 Å². The number of benzene rings is 1. The van der Waals surface area contributed by atoms with Crippen molar-refractivity contribution in [1.29, 1.82) is 0 Å². The van der Waals surface area contributed by atoms with Crippen molar-refractivity contribution >= 4 is 26.3 Å². The van der Waals surface area contributed by atoms with Gasteiger partial charge in [-0.2, -0.15) is 10.2 Å². The highest BCUT2D eigenvalue weighted by atomic mass is 28.4. The molecular formula is C30H46N6O6Si. The van der Waals surface area contributed by atoms with Gasteiger partial charge in [-0.1, -0.05) is 51.1 Å². The molecule has 1 fully saturated rings. The fourth-order valence-electron chi connectivity index (χ4n) is 4.74. The van der Waals surface area contributed by atoms with E-state index in [1.807, 2.05) is 64.2 Å². The molecular weight excluding hydrogens is 568 g/mol. The number of aryl methyl sites for hydroxylation is 1. The molecule has 2 aromatic rings. The lowest BCUT2D eigenvalue weighted by Gasteiger charge is -2.36. The lowest BCUT2D eigenvalue weighted by Crippen LogP contribution is -2.50. The number of hydrogen-bond donors (Lipinski definition) is 2. The number of nitrogens with zero attached hydrogens (tertiary/aromatic N) is 4. The number of unbranched alkanes of at least 4 members (excludes halogenated alkanes) is 1. The fourth-order valence-corrected chi connectivity index (χ4v) is 5.40. The first-order valence-corrected chi connectivity index (χ1v) is 17.8. The van der Waals surface area contributed by atoms with E-state index in [0.717, 1.165) is 11.1 Å². The van der Waals surface area contributed by atoms with Crippen LogP contribution in [0.25, 0.3) is 0 Å². The maximum atomic E-state index is 13.8. The number of urea groups is 1. The van der Waals surface area contributed by atoms with E-state index < -0.39 is 38.0 Å². The van der Waals surface area contributed by atoms with E-state index in [0.29, 0.717) is 38.2 Å². The minimum atomic E-state index is -2.32. The molecule has 2 bridgehead atoms. The number of hydroxylamine groups is 3. The summed E-state index contributed by atoms with van der Waals surface area (Å²) in [6.07, 6.45) is 2.63. The molecule has 12 nitrogen and oxygen atoms in total. The molecule has 3 heterocycles. The Morgan fingerprint density at radius 2 is 1.77 bits per heavy atom. The molecule has 0 saturated carbocycles. The van der Waals surface area contributed by atoms with Gasteiger partial charge in [0.2, 0.25) is 8.32 Å². The topological polar surface area (TPSA) is 127 Å². The first-order chi connectivity index (χ1) is 20.1. The van der Waals surface area contributed by atoms with E-state index in [-0.39, 0.29) is 17.7 Å². The zero-order valence-electron chi connectivity index (χ0n) is 26.6. The van der Waals surface area contributed by atoms with Crippen LogP contribution in [-0.4, -0.2) is 64.8 Å². The van der Waals surface area contributed by atoms with E-state index in [9.17, 15) is 14.4 Å². The van der Waals surface area contributed by atoms with Gasteiger partial charge in [0.15, 0.2) is 6.04 Å².